The third-order valence-corrected chi connectivity index (χ3v) is 3.22. The first-order chi connectivity index (χ1) is 8.82. The molecule has 5 heteroatoms. The van der Waals surface area contributed by atoms with Gasteiger partial charge in [-0.2, -0.15) is 0 Å². The van der Waals surface area contributed by atoms with Gasteiger partial charge in [0.2, 0.25) is 5.91 Å². The van der Waals surface area contributed by atoms with Crippen LogP contribution in [0.25, 0.3) is 0 Å². The Bertz CT molecular complexity index is 476. The molecular formula is C14H19FN2OS. The first-order valence-corrected chi connectivity index (χ1v) is 6.59. The van der Waals surface area contributed by atoms with Gasteiger partial charge >= 0.3 is 0 Å². The minimum atomic E-state index is -0.508. The molecule has 2 atom stereocenters. The summed E-state index contributed by atoms with van der Waals surface area (Å²) in [6, 6.07) is 5.85. The van der Waals surface area contributed by atoms with Gasteiger partial charge in [-0.3, -0.25) is 4.79 Å². The summed E-state index contributed by atoms with van der Waals surface area (Å²) < 4.78 is 13.1. The van der Waals surface area contributed by atoms with Crippen molar-refractivity contribution in [2.45, 2.75) is 26.8 Å². The van der Waals surface area contributed by atoms with E-state index in [4.69, 9.17) is 18.0 Å². The van der Waals surface area contributed by atoms with Crippen molar-refractivity contribution in [2.24, 2.45) is 17.6 Å². The summed E-state index contributed by atoms with van der Waals surface area (Å²) in [7, 11) is 0. The maximum absolute atomic E-state index is 13.1. The van der Waals surface area contributed by atoms with Crippen LogP contribution in [0.1, 0.15) is 32.4 Å². The number of hydrogen-bond acceptors (Lipinski definition) is 2. The Morgan fingerprint density at radius 3 is 2.47 bits per heavy atom. The van der Waals surface area contributed by atoms with Crippen molar-refractivity contribution in [2.75, 3.05) is 0 Å². The van der Waals surface area contributed by atoms with E-state index in [1.54, 1.807) is 19.1 Å². The van der Waals surface area contributed by atoms with Crippen LogP contribution in [0.15, 0.2) is 24.3 Å². The Hall–Kier alpha value is -1.49. The molecule has 19 heavy (non-hydrogen) atoms. The zero-order valence-corrected chi connectivity index (χ0v) is 12.1. The molecule has 1 aromatic rings. The summed E-state index contributed by atoms with van der Waals surface area (Å²) in [5.74, 6) is -1.03. The molecule has 2 unspecified atom stereocenters. The normalized spacial score (nSPS) is 13.9. The van der Waals surface area contributed by atoms with E-state index in [-0.39, 0.29) is 28.7 Å². The average Bonchev–Trinajstić information content (AvgIpc) is 2.27. The van der Waals surface area contributed by atoms with Crippen LogP contribution in [-0.2, 0) is 4.79 Å². The summed E-state index contributed by atoms with van der Waals surface area (Å²) in [5.41, 5.74) is 6.29. The van der Waals surface area contributed by atoms with Gasteiger partial charge in [-0.05, 0) is 30.5 Å². The molecule has 1 aromatic carbocycles. The summed E-state index contributed by atoms with van der Waals surface area (Å²) in [6.45, 7) is 5.57. The van der Waals surface area contributed by atoms with E-state index in [1.807, 2.05) is 13.8 Å². The predicted octanol–water partition coefficient (Wildman–Crippen LogP) is 2.56. The molecule has 0 saturated heterocycles. The van der Waals surface area contributed by atoms with Crippen molar-refractivity contribution in [1.29, 1.82) is 0 Å². The number of hydrogen-bond donors (Lipinski definition) is 2. The minimum absolute atomic E-state index is 0.0252. The molecule has 0 radical (unpaired) electrons. The maximum atomic E-state index is 13.1. The number of amides is 1. The molecule has 0 aliphatic carbocycles. The molecule has 0 heterocycles. The van der Waals surface area contributed by atoms with Crippen LogP contribution in [-0.4, -0.2) is 10.9 Å². The van der Waals surface area contributed by atoms with Crippen molar-refractivity contribution in [3.8, 4) is 0 Å². The van der Waals surface area contributed by atoms with E-state index in [0.29, 0.717) is 5.56 Å². The van der Waals surface area contributed by atoms with Gasteiger partial charge in [0.05, 0.1) is 16.9 Å². The first-order valence-electron chi connectivity index (χ1n) is 6.18. The second-order valence-electron chi connectivity index (χ2n) is 4.91. The van der Waals surface area contributed by atoms with Gasteiger partial charge in [-0.15, -0.1) is 0 Å². The minimum Gasteiger partial charge on any atom is -0.393 e. The Kier molecular flexibility index (Phi) is 5.42. The van der Waals surface area contributed by atoms with Crippen LogP contribution in [0, 0.1) is 17.7 Å². The lowest BCUT2D eigenvalue weighted by Gasteiger charge is -2.22. The lowest BCUT2D eigenvalue weighted by molar-refractivity contribution is -0.124. The van der Waals surface area contributed by atoms with Crippen molar-refractivity contribution in [3.63, 3.8) is 0 Å². The molecule has 0 aliphatic heterocycles. The van der Waals surface area contributed by atoms with E-state index in [9.17, 15) is 9.18 Å². The standard InChI is InChI=1S/C14H19FN2OS/c1-8(2)12(13(16)19)14(18)17-9(3)10-5-4-6-11(15)7-10/h4-9,12H,1-3H3,(H2,16,19)(H,17,18). The van der Waals surface area contributed by atoms with E-state index >= 15 is 0 Å². The van der Waals surface area contributed by atoms with Crippen LogP contribution >= 0.6 is 12.2 Å². The van der Waals surface area contributed by atoms with Gasteiger partial charge < -0.3 is 11.1 Å². The fourth-order valence-electron chi connectivity index (χ4n) is 1.92. The van der Waals surface area contributed by atoms with Crippen molar-refractivity contribution in [1.82, 2.24) is 5.32 Å². The second-order valence-corrected chi connectivity index (χ2v) is 5.38. The molecule has 104 valence electrons. The maximum Gasteiger partial charge on any atom is 0.230 e. The predicted molar refractivity (Wildman–Crippen MR) is 78.1 cm³/mol. The lowest BCUT2D eigenvalue weighted by Crippen LogP contribution is -2.41. The fraction of sp³-hybridized carbons (Fsp3) is 0.429. The monoisotopic (exact) mass is 282 g/mol. The van der Waals surface area contributed by atoms with Crippen LogP contribution < -0.4 is 11.1 Å². The van der Waals surface area contributed by atoms with Crippen LogP contribution in [0.2, 0.25) is 0 Å². The quantitative estimate of drug-likeness (QED) is 0.816. The third kappa shape index (κ3) is 4.28. The number of rotatable bonds is 5. The van der Waals surface area contributed by atoms with Crippen LogP contribution in [0.5, 0.6) is 0 Å². The smallest absolute Gasteiger partial charge is 0.230 e. The van der Waals surface area contributed by atoms with E-state index in [0.717, 1.165) is 0 Å². The Morgan fingerprint density at radius 1 is 1.37 bits per heavy atom. The molecule has 0 spiro atoms. The molecule has 0 aromatic heterocycles. The lowest BCUT2D eigenvalue weighted by atomic mass is 9.94. The molecule has 0 fully saturated rings. The highest BCUT2D eigenvalue weighted by molar-refractivity contribution is 7.80. The average molecular weight is 282 g/mol. The van der Waals surface area contributed by atoms with Gasteiger partial charge in [-0.25, -0.2) is 4.39 Å². The van der Waals surface area contributed by atoms with Crippen molar-refractivity contribution >= 4 is 23.1 Å². The summed E-state index contributed by atoms with van der Waals surface area (Å²) >= 11 is 4.92. The van der Waals surface area contributed by atoms with Crippen molar-refractivity contribution in [3.05, 3.63) is 35.6 Å². The molecule has 1 rings (SSSR count). The zero-order chi connectivity index (χ0) is 14.6. The number of carbonyl (C=O) groups excluding carboxylic acids is 1. The fourth-order valence-corrected chi connectivity index (χ4v) is 2.30. The number of benzene rings is 1. The second kappa shape index (κ2) is 6.61. The Labute approximate surface area is 118 Å². The molecule has 3 nitrogen and oxygen atoms in total. The van der Waals surface area contributed by atoms with E-state index in [2.05, 4.69) is 5.32 Å². The van der Waals surface area contributed by atoms with Gasteiger partial charge in [0.25, 0.3) is 0 Å². The number of halogens is 1. The van der Waals surface area contributed by atoms with Crippen LogP contribution in [0.4, 0.5) is 4.39 Å². The Balaban J connectivity index is 2.78. The Morgan fingerprint density at radius 2 is 2.00 bits per heavy atom. The zero-order valence-electron chi connectivity index (χ0n) is 11.3. The number of thiocarbonyl (C=S) groups is 1. The molecule has 3 N–H and O–H groups in total. The molecule has 0 saturated carbocycles. The highest BCUT2D eigenvalue weighted by atomic mass is 32.1. The van der Waals surface area contributed by atoms with E-state index < -0.39 is 5.92 Å². The highest BCUT2D eigenvalue weighted by Crippen LogP contribution is 2.17. The highest BCUT2D eigenvalue weighted by Gasteiger charge is 2.26. The topological polar surface area (TPSA) is 55.1 Å². The summed E-state index contributed by atoms with van der Waals surface area (Å²) in [5, 5.41) is 2.81. The van der Waals surface area contributed by atoms with Crippen LogP contribution in [0.3, 0.4) is 0 Å². The molecule has 0 aliphatic rings. The molecule has 0 bridgehead atoms. The third-order valence-electron chi connectivity index (χ3n) is 2.96. The SMILES string of the molecule is CC(NC(=O)C(C(N)=S)C(C)C)c1cccc(F)c1. The summed E-state index contributed by atoms with van der Waals surface area (Å²) in [6.07, 6.45) is 0. The van der Waals surface area contributed by atoms with Gasteiger partial charge in [0.15, 0.2) is 0 Å². The number of nitrogens with one attached hydrogen (secondary N) is 1. The van der Waals surface area contributed by atoms with Gasteiger partial charge in [0.1, 0.15) is 5.82 Å². The number of carbonyl (C=O) groups is 1. The first kappa shape index (κ1) is 15.6. The molecule has 1 amide bonds. The summed E-state index contributed by atoms with van der Waals surface area (Å²) in [4.78, 5) is 12.3. The molecular weight excluding hydrogens is 263 g/mol. The van der Waals surface area contributed by atoms with Gasteiger partial charge in [0, 0.05) is 0 Å². The van der Waals surface area contributed by atoms with Crippen molar-refractivity contribution < 1.29 is 9.18 Å². The number of nitrogens with two attached hydrogens (primary N) is 1. The van der Waals surface area contributed by atoms with E-state index in [1.165, 1.54) is 12.1 Å². The largest absolute Gasteiger partial charge is 0.393 e. The van der Waals surface area contributed by atoms with Gasteiger partial charge in [-0.1, -0.05) is 38.2 Å².